The summed E-state index contributed by atoms with van der Waals surface area (Å²) >= 11 is 0. The number of rotatable bonds is 5. The van der Waals surface area contributed by atoms with E-state index >= 15 is 0 Å². The lowest BCUT2D eigenvalue weighted by molar-refractivity contribution is 0.0173. The van der Waals surface area contributed by atoms with E-state index in [4.69, 9.17) is 4.74 Å². The molecule has 0 heterocycles. The monoisotopic (exact) mass is 316 g/mol. The Balaban J connectivity index is 2.57. The largest absolute Gasteiger partial charge is 0.462 e. The van der Waals surface area contributed by atoms with Gasteiger partial charge in [-0.05, 0) is 35.8 Å². The highest BCUT2D eigenvalue weighted by Crippen LogP contribution is 2.32. The topological polar surface area (TPSA) is 26.3 Å². The van der Waals surface area contributed by atoms with Crippen LogP contribution in [0.4, 0.5) is 8.78 Å². The molecule has 0 aliphatic heterocycles. The van der Waals surface area contributed by atoms with Gasteiger partial charge in [-0.2, -0.15) is 0 Å². The van der Waals surface area contributed by atoms with Crippen molar-refractivity contribution < 1.29 is 18.3 Å². The van der Waals surface area contributed by atoms with Gasteiger partial charge in [0.2, 0.25) is 0 Å². The Bertz CT molecular complexity index is 716. The standard InChI is InChI=1S/C19H18F2O2/c1-4-23-18(22)16-11-10-15(19(3,20)21)12-17(16)13(2)14-8-6-5-7-9-14/h5-12H,2,4H2,1,3H3. The molecular weight excluding hydrogens is 298 g/mol. The summed E-state index contributed by atoms with van der Waals surface area (Å²) in [5.74, 6) is -3.55. The summed E-state index contributed by atoms with van der Waals surface area (Å²) in [5, 5.41) is 0. The Morgan fingerprint density at radius 3 is 2.35 bits per heavy atom. The lowest BCUT2D eigenvalue weighted by atomic mass is 9.92. The molecule has 0 aliphatic carbocycles. The number of carbonyl (C=O) groups is 1. The van der Waals surface area contributed by atoms with Crippen LogP contribution in [0.15, 0.2) is 55.1 Å². The van der Waals surface area contributed by atoms with Crippen molar-refractivity contribution in [3.63, 3.8) is 0 Å². The summed E-state index contributed by atoms with van der Waals surface area (Å²) in [6.07, 6.45) is 0. The number of hydrogen-bond acceptors (Lipinski definition) is 2. The second kappa shape index (κ2) is 6.73. The lowest BCUT2D eigenvalue weighted by Gasteiger charge is -2.16. The number of ether oxygens (including phenoxy) is 1. The van der Waals surface area contributed by atoms with Crippen molar-refractivity contribution in [2.24, 2.45) is 0 Å². The van der Waals surface area contributed by atoms with Gasteiger partial charge in [-0.15, -0.1) is 0 Å². The third kappa shape index (κ3) is 3.83. The van der Waals surface area contributed by atoms with Crippen LogP contribution in [0.3, 0.4) is 0 Å². The third-order valence-electron chi connectivity index (χ3n) is 3.47. The van der Waals surface area contributed by atoms with Crippen molar-refractivity contribution >= 4 is 11.5 Å². The van der Waals surface area contributed by atoms with Crippen LogP contribution >= 0.6 is 0 Å². The number of carbonyl (C=O) groups excluding carboxylic acids is 1. The molecule has 0 bridgehead atoms. The Labute approximate surface area is 134 Å². The Morgan fingerprint density at radius 2 is 1.78 bits per heavy atom. The van der Waals surface area contributed by atoms with E-state index in [2.05, 4.69) is 6.58 Å². The van der Waals surface area contributed by atoms with Crippen LogP contribution in [-0.4, -0.2) is 12.6 Å². The van der Waals surface area contributed by atoms with E-state index in [0.29, 0.717) is 11.1 Å². The zero-order valence-electron chi connectivity index (χ0n) is 13.1. The molecular formula is C19H18F2O2. The van der Waals surface area contributed by atoms with Crippen molar-refractivity contribution in [1.82, 2.24) is 0 Å². The summed E-state index contributed by atoms with van der Waals surface area (Å²) in [7, 11) is 0. The van der Waals surface area contributed by atoms with Crippen LogP contribution in [0.1, 0.15) is 40.9 Å². The van der Waals surface area contributed by atoms with Crippen molar-refractivity contribution in [3.8, 4) is 0 Å². The molecule has 0 aliphatic rings. The summed E-state index contributed by atoms with van der Waals surface area (Å²) in [6, 6.07) is 13.0. The second-order valence-corrected chi connectivity index (χ2v) is 5.21. The zero-order valence-corrected chi connectivity index (χ0v) is 13.1. The maximum atomic E-state index is 13.6. The molecule has 0 saturated carbocycles. The van der Waals surface area contributed by atoms with E-state index in [-0.39, 0.29) is 17.7 Å². The van der Waals surface area contributed by atoms with E-state index in [1.807, 2.05) is 30.3 Å². The molecule has 0 saturated heterocycles. The summed E-state index contributed by atoms with van der Waals surface area (Å²) in [5.41, 5.74) is 1.68. The molecule has 2 rings (SSSR count). The predicted molar refractivity (Wildman–Crippen MR) is 86.5 cm³/mol. The average Bonchev–Trinajstić information content (AvgIpc) is 2.54. The summed E-state index contributed by atoms with van der Waals surface area (Å²) in [6.45, 7) is 6.69. The lowest BCUT2D eigenvalue weighted by Crippen LogP contribution is -2.12. The van der Waals surface area contributed by atoms with Gasteiger partial charge in [0.05, 0.1) is 12.2 Å². The maximum Gasteiger partial charge on any atom is 0.338 e. The number of alkyl halides is 2. The van der Waals surface area contributed by atoms with Gasteiger partial charge >= 0.3 is 5.97 Å². The molecule has 0 spiro atoms. The first kappa shape index (κ1) is 16.9. The second-order valence-electron chi connectivity index (χ2n) is 5.21. The molecule has 2 nitrogen and oxygen atoms in total. The van der Waals surface area contributed by atoms with E-state index in [9.17, 15) is 13.6 Å². The fourth-order valence-corrected chi connectivity index (χ4v) is 2.25. The number of hydrogen-bond donors (Lipinski definition) is 0. The van der Waals surface area contributed by atoms with Crippen molar-refractivity contribution in [2.75, 3.05) is 6.61 Å². The van der Waals surface area contributed by atoms with Crippen molar-refractivity contribution in [3.05, 3.63) is 77.4 Å². The summed E-state index contributed by atoms with van der Waals surface area (Å²) < 4.78 is 32.3. The van der Waals surface area contributed by atoms with Crippen LogP contribution in [0, 0.1) is 0 Å². The molecule has 0 radical (unpaired) electrons. The fraction of sp³-hybridized carbons (Fsp3) is 0.211. The quantitative estimate of drug-likeness (QED) is 0.723. The van der Waals surface area contributed by atoms with E-state index < -0.39 is 11.9 Å². The molecule has 2 aromatic carbocycles. The molecule has 0 unspecified atom stereocenters. The maximum absolute atomic E-state index is 13.6. The molecule has 0 amide bonds. The minimum absolute atomic E-state index is 0.169. The van der Waals surface area contributed by atoms with Crippen LogP contribution < -0.4 is 0 Å². The normalized spacial score (nSPS) is 11.1. The van der Waals surface area contributed by atoms with Crippen LogP contribution in [0.25, 0.3) is 5.57 Å². The van der Waals surface area contributed by atoms with Gasteiger partial charge in [-0.3, -0.25) is 0 Å². The van der Waals surface area contributed by atoms with Gasteiger partial charge in [0.15, 0.2) is 0 Å². The first-order valence-electron chi connectivity index (χ1n) is 7.28. The molecule has 120 valence electrons. The predicted octanol–water partition coefficient (Wildman–Crippen LogP) is 5.04. The molecule has 0 fully saturated rings. The highest BCUT2D eigenvalue weighted by molar-refractivity contribution is 5.97. The summed E-state index contributed by atoms with van der Waals surface area (Å²) in [4.78, 5) is 12.1. The highest BCUT2D eigenvalue weighted by Gasteiger charge is 2.27. The van der Waals surface area contributed by atoms with Gasteiger partial charge in [-0.25, -0.2) is 13.6 Å². The SMILES string of the molecule is C=C(c1ccccc1)c1cc(C(C)(F)F)ccc1C(=O)OCC. The molecule has 2 aromatic rings. The number of halogens is 2. The molecule has 0 N–H and O–H groups in total. The molecule has 0 aromatic heterocycles. The Morgan fingerprint density at radius 1 is 1.13 bits per heavy atom. The highest BCUT2D eigenvalue weighted by atomic mass is 19.3. The number of esters is 1. The van der Waals surface area contributed by atoms with E-state index in [1.165, 1.54) is 18.2 Å². The van der Waals surface area contributed by atoms with Crippen LogP contribution in [0.2, 0.25) is 0 Å². The van der Waals surface area contributed by atoms with Crippen LogP contribution in [-0.2, 0) is 10.7 Å². The zero-order chi connectivity index (χ0) is 17.0. The minimum atomic E-state index is -3.00. The first-order valence-corrected chi connectivity index (χ1v) is 7.28. The number of benzene rings is 2. The first-order chi connectivity index (χ1) is 10.8. The molecule has 4 heteroatoms. The Hall–Kier alpha value is -2.49. The van der Waals surface area contributed by atoms with Gasteiger partial charge in [0, 0.05) is 12.5 Å². The van der Waals surface area contributed by atoms with Crippen LogP contribution in [0.5, 0.6) is 0 Å². The Kier molecular flexibility index (Phi) is 4.94. The molecule has 23 heavy (non-hydrogen) atoms. The van der Waals surface area contributed by atoms with Gasteiger partial charge in [0.1, 0.15) is 0 Å². The smallest absolute Gasteiger partial charge is 0.338 e. The molecule has 0 atom stereocenters. The van der Waals surface area contributed by atoms with Gasteiger partial charge < -0.3 is 4.74 Å². The average molecular weight is 316 g/mol. The van der Waals surface area contributed by atoms with E-state index in [0.717, 1.165) is 12.5 Å². The van der Waals surface area contributed by atoms with Crippen molar-refractivity contribution in [1.29, 1.82) is 0 Å². The third-order valence-corrected chi connectivity index (χ3v) is 3.47. The van der Waals surface area contributed by atoms with Gasteiger partial charge in [0.25, 0.3) is 5.92 Å². The van der Waals surface area contributed by atoms with E-state index in [1.54, 1.807) is 6.92 Å². The fourth-order valence-electron chi connectivity index (χ4n) is 2.25. The van der Waals surface area contributed by atoms with Crippen molar-refractivity contribution in [2.45, 2.75) is 19.8 Å². The minimum Gasteiger partial charge on any atom is -0.462 e. The van der Waals surface area contributed by atoms with Gasteiger partial charge in [-0.1, -0.05) is 43.0 Å².